The molecule has 0 amide bonds. The molecule has 2 heterocycles. The van der Waals surface area contributed by atoms with E-state index in [-0.39, 0.29) is 0 Å². The van der Waals surface area contributed by atoms with Gasteiger partial charge in [-0.1, -0.05) is 6.92 Å². The molecule has 0 aliphatic heterocycles. The summed E-state index contributed by atoms with van der Waals surface area (Å²) in [6.07, 6.45) is 8.08. The molecule has 5 heteroatoms. The fourth-order valence-electron chi connectivity index (χ4n) is 1.65. The number of rotatable bonds is 4. The van der Waals surface area contributed by atoms with Gasteiger partial charge in [0.1, 0.15) is 5.69 Å². The molecule has 0 atom stereocenters. The van der Waals surface area contributed by atoms with E-state index in [4.69, 9.17) is 0 Å². The number of aryl methyl sites for hydroxylation is 1. The van der Waals surface area contributed by atoms with Gasteiger partial charge in [-0.2, -0.15) is 0 Å². The van der Waals surface area contributed by atoms with Crippen LogP contribution in [0.15, 0.2) is 24.9 Å². The van der Waals surface area contributed by atoms with Gasteiger partial charge in [0.2, 0.25) is 0 Å². The van der Waals surface area contributed by atoms with Crippen LogP contribution in [0.1, 0.15) is 13.3 Å². The number of hydrogen-bond donors (Lipinski definition) is 1. The molecule has 2 rings (SSSR count). The molecule has 0 saturated heterocycles. The predicted octanol–water partition coefficient (Wildman–Crippen LogP) is 1.79. The third-order valence-electron chi connectivity index (χ3n) is 2.35. The molecular formula is C11H15N5. The summed E-state index contributed by atoms with van der Waals surface area (Å²) in [6.45, 7) is 3.08. The van der Waals surface area contributed by atoms with Gasteiger partial charge in [0, 0.05) is 26.0 Å². The molecule has 0 aliphatic rings. The highest BCUT2D eigenvalue weighted by Gasteiger charge is 2.10. The van der Waals surface area contributed by atoms with Crippen molar-refractivity contribution in [2.45, 2.75) is 19.9 Å². The lowest BCUT2D eigenvalue weighted by atomic mass is 10.3. The van der Waals surface area contributed by atoms with Gasteiger partial charge in [0.15, 0.2) is 5.82 Å². The Kier molecular flexibility index (Phi) is 3.14. The summed E-state index contributed by atoms with van der Waals surface area (Å²) in [7, 11) is 1.84. The summed E-state index contributed by atoms with van der Waals surface area (Å²) in [6, 6.07) is 0. The zero-order chi connectivity index (χ0) is 11.4. The van der Waals surface area contributed by atoms with E-state index in [9.17, 15) is 0 Å². The van der Waals surface area contributed by atoms with Crippen molar-refractivity contribution < 1.29 is 0 Å². The standard InChI is InChI=1S/C11H15N5/c1-3-6-16-8-13-7-9(16)10-11(12-2)15-5-4-14-10/h4-5,7-8H,3,6H2,1-2H3,(H,12,15). The minimum absolute atomic E-state index is 0.778. The number of nitrogens with zero attached hydrogens (tertiary/aromatic N) is 4. The maximum atomic E-state index is 4.35. The van der Waals surface area contributed by atoms with Crippen LogP contribution in [0.4, 0.5) is 5.82 Å². The van der Waals surface area contributed by atoms with Crippen LogP contribution in [0.3, 0.4) is 0 Å². The Balaban J connectivity index is 2.45. The van der Waals surface area contributed by atoms with Gasteiger partial charge in [-0.15, -0.1) is 0 Å². The van der Waals surface area contributed by atoms with Crippen molar-refractivity contribution in [3.8, 4) is 11.4 Å². The summed E-state index contributed by atoms with van der Waals surface area (Å²) in [4.78, 5) is 12.7. The Morgan fingerprint density at radius 1 is 1.31 bits per heavy atom. The molecule has 1 N–H and O–H groups in total. The largest absolute Gasteiger partial charge is 0.371 e. The molecule has 0 saturated carbocycles. The fraction of sp³-hybridized carbons (Fsp3) is 0.364. The second-order valence-electron chi connectivity index (χ2n) is 3.48. The van der Waals surface area contributed by atoms with Crippen LogP contribution < -0.4 is 5.32 Å². The van der Waals surface area contributed by atoms with Gasteiger partial charge in [0.25, 0.3) is 0 Å². The van der Waals surface area contributed by atoms with E-state index in [1.807, 2.05) is 19.6 Å². The number of imidazole rings is 1. The van der Waals surface area contributed by atoms with Gasteiger partial charge in [-0.25, -0.2) is 15.0 Å². The lowest BCUT2D eigenvalue weighted by molar-refractivity contribution is 0.683. The zero-order valence-corrected chi connectivity index (χ0v) is 9.51. The number of anilines is 1. The van der Waals surface area contributed by atoms with Gasteiger partial charge < -0.3 is 9.88 Å². The molecule has 0 radical (unpaired) electrons. The van der Waals surface area contributed by atoms with Crippen LogP contribution in [-0.4, -0.2) is 26.6 Å². The predicted molar refractivity (Wildman–Crippen MR) is 63.1 cm³/mol. The van der Waals surface area contributed by atoms with Crippen LogP contribution >= 0.6 is 0 Å². The van der Waals surface area contributed by atoms with Crippen LogP contribution in [0.25, 0.3) is 11.4 Å². The van der Waals surface area contributed by atoms with Crippen molar-refractivity contribution in [3.05, 3.63) is 24.9 Å². The molecule has 0 unspecified atom stereocenters. The van der Waals surface area contributed by atoms with Gasteiger partial charge in [0.05, 0.1) is 18.2 Å². The lowest BCUT2D eigenvalue weighted by Gasteiger charge is -2.08. The summed E-state index contributed by atoms with van der Waals surface area (Å²) in [5, 5.41) is 3.04. The average molecular weight is 217 g/mol. The van der Waals surface area contributed by atoms with Gasteiger partial charge >= 0.3 is 0 Å². The van der Waals surface area contributed by atoms with Gasteiger partial charge in [-0.05, 0) is 6.42 Å². The first kappa shape index (κ1) is 10.6. The maximum Gasteiger partial charge on any atom is 0.153 e. The van der Waals surface area contributed by atoms with E-state index in [2.05, 4.69) is 31.8 Å². The Bertz CT molecular complexity index is 463. The molecule has 84 valence electrons. The van der Waals surface area contributed by atoms with Crippen LogP contribution in [0, 0.1) is 0 Å². The second kappa shape index (κ2) is 4.74. The highest BCUT2D eigenvalue weighted by atomic mass is 15.1. The van der Waals surface area contributed by atoms with E-state index < -0.39 is 0 Å². The molecule has 2 aromatic rings. The average Bonchev–Trinajstić information content (AvgIpc) is 2.77. The lowest BCUT2D eigenvalue weighted by Crippen LogP contribution is -2.02. The highest BCUT2D eigenvalue weighted by Crippen LogP contribution is 2.22. The molecule has 0 bridgehead atoms. The normalized spacial score (nSPS) is 10.4. The first-order valence-electron chi connectivity index (χ1n) is 5.36. The topological polar surface area (TPSA) is 55.6 Å². The fourth-order valence-corrected chi connectivity index (χ4v) is 1.65. The second-order valence-corrected chi connectivity index (χ2v) is 3.48. The van der Waals surface area contributed by atoms with Crippen molar-refractivity contribution >= 4 is 5.82 Å². The molecule has 0 aliphatic carbocycles. The van der Waals surface area contributed by atoms with Crippen LogP contribution in [0.2, 0.25) is 0 Å². The molecule has 2 aromatic heterocycles. The SMILES string of the molecule is CCCn1cncc1-c1nccnc1NC. The summed E-state index contributed by atoms with van der Waals surface area (Å²) >= 11 is 0. The van der Waals surface area contributed by atoms with Crippen molar-refractivity contribution in [2.75, 3.05) is 12.4 Å². The highest BCUT2D eigenvalue weighted by molar-refractivity contribution is 5.67. The van der Waals surface area contributed by atoms with Crippen LogP contribution in [-0.2, 0) is 6.54 Å². The minimum atomic E-state index is 0.778. The number of aromatic nitrogens is 4. The number of nitrogens with one attached hydrogen (secondary N) is 1. The van der Waals surface area contributed by atoms with E-state index in [0.717, 1.165) is 30.2 Å². The molecule has 0 fully saturated rings. The summed E-state index contributed by atoms with van der Waals surface area (Å²) in [5.41, 5.74) is 1.84. The van der Waals surface area contributed by atoms with E-state index in [1.54, 1.807) is 12.4 Å². The summed E-state index contributed by atoms with van der Waals surface area (Å²) < 4.78 is 2.09. The van der Waals surface area contributed by atoms with E-state index in [0.29, 0.717) is 0 Å². The zero-order valence-electron chi connectivity index (χ0n) is 9.51. The first-order valence-corrected chi connectivity index (χ1v) is 5.36. The van der Waals surface area contributed by atoms with E-state index >= 15 is 0 Å². The van der Waals surface area contributed by atoms with Crippen molar-refractivity contribution in [3.63, 3.8) is 0 Å². The molecule has 0 spiro atoms. The Morgan fingerprint density at radius 3 is 2.88 bits per heavy atom. The molecule has 16 heavy (non-hydrogen) atoms. The molecular weight excluding hydrogens is 202 g/mol. The minimum Gasteiger partial charge on any atom is -0.371 e. The molecule has 0 aromatic carbocycles. The monoisotopic (exact) mass is 217 g/mol. The van der Waals surface area contributed by atoms with Crippen molar-refractivity contribution in [1.29, 1.82) is 0 Å². The Hall–Kier alpha value is -1.91. The van der Waals surface area contributed by atoms with Crippen molar-refractivity contribution in [1.82, 2.24) is 19.5 Å². The third kappa shape index (κ3) is 1.88. The third-order valence-corrected chi connectivity index (χ3v) is 2.35. The smallest absolute Gasteiger partial charge is 0.153 e. The maximum absolute atomic E-state index is 4.35. The quantitative estimate of drug-likeness (QED) is 0.848. The Morgan fingerprint density at radius 2 is 2.12 bits per heavy atom. The summed E-state index contributed by atoms with van der Waals surface area (Å²) in [5.74, 6) is 0.778. The van der Waals surface area contributed by atoms with Crippen molar-refractivity contribution in [2.24, 2.45) is 0 Å². The van der Waals surface area contributed by atoms with Gasteiger partial charge in [-0.3, -0.25) is 0 Å². The Labute approximate surface area is 94.6 Å². The van der Waals surface area contributed by atoms with Crippen LogP contribution in [0.5, 0.6) is 0 Å². The first-order chi connectivity index (χ1) is 7.86. The number of hydrogen-bond acceptors (Lipinski definition) is 4. The molecule has 5 nitrogen and oxygen atoms in total. The van der Waals surface area contributed by atoms with E-state index in [1.165, 1.54) is 0 Å².